The van der Waals surface area contributed by atoms with Crippen LogP contribution in [0.5, 0.6) is 0 Å². The van der Waals surface area contributed by atoms with Gasteiger partial charge in [0.25, 0.3) is 5.72 Å². The van der Waals surface area contributed by atoms with Crippen LogP contribution in [-0.4, -0.2) is 46.1 Å². The molecular weight excluding hydrogens is 397 g/mol. The molecule has 0 aliphatic heterocycles. The molecule has 2 atom stereocenters. The third kappa shape index (κ3) is 5.73. The molecule has 2 unspecified atom stereocenters. The van der Waals surface area contributed by atoms with Crippen LogP contribution in [0.15, 0.2) is 42.6 Å². The molecular formula is C22H26F3N2O3+. The number of amides is 1. The van der Waals surface area contributed by atoms with Gasteiger partial charge in [0.05, 0.1) is 24.6 Å². The summed E-state index contributed by atoms with van der Waals surface area (Å²) in [6.07, 6.45) is -2.99. The number of benzene rings is 1. The van der Waals surface area contributed by atoms with Crippen LogP contribution in [0.4, 0.5) is 13.2 Å². The summed E-state index contributed by atoms with van der Waals surface area (Å²) < 4.78 is 45.0. The van der Waals surface area contributed by atoms with Crippen molar-refractivity contribution < 1.29 is 32.4 Å². The monoisotopic (exact) mass is 423 g/mol. The molecule has 0 bridgehead atoms. The summed E-state index contributed by atoms with van der Waals surface area (Å²) in [7, 11) is 0. The number of ether oxygens (including phenoxy) is 1. The molecule has 0 saturated heterocycles. The van der Waals surface area contributed by atoms with E-state index in [4.69, 9.17) is 4.74 Å². The maximum Gasteiger partial charge on any atom is 0.455 e. The van der Waals surface area contributed by atoms with Gasteiger partial charge in [-0.1, -0.05) is 30.3 Å². The number of hydrogen-bond donors (Lipinski definition) is 1. The second kappa shape index (κ2) is 9.95. The molecule has 162 valence electrons. The van der Waals surface area contributed by atoms with Crippen LogP contribution in [0, 0.1) is 0 Å². The average Bonchev–Trinajstić information content (AvgIpc) is 2.72. The Morgan fingerprint density at radius 2 is 1.80 bits per heavy atom. The van der Waals surface area contributed by atoms with E-state index in [0.29, 0.717) is 15.8 Å². The fourth-order valence-corrected chi connectivity index (χ4v) is 2.90. The van der Waals surface area contributed by atoms with Crippen molar-refractivity contribution in [2.45, 2.75) is 51.6 Å². The standard InChI is InChI=1S/C22H26F3N2O3/c1-14(28)18-10-9-17(13-26-18)15-5-7-16(8-6-15)19(11-12-23)30-22(2,3)27(4)21(29)20(24)25/h5-10,13-14,19-20,28H,4,11-12H2,1-3H3/q+1. The summed E-state index contributed by atoms with van der Waals surface area (Å²) in [5, 5.41) is 9.55. The summed E-state index contributed by atoms with van der Waals surface area (Å²) in [5.74, 6) is -1.47. The van der Waals surface area contributed by atoms with Gasteiger partial charge >= 0.3 is 12.3 Å². The number of halogens is 3. The molecule has 8 heteroatoms. The van der Waals surface area contributed by atoms with Crippen LogP contribution < -0.4 is 0 Å². The lowest BCUT2D eigenvalue weighted by molar-refractivity contribution is -0.589. The largest absolute Gasteiger partial charge is 0.455 e. The zero-order chi connectivity index (χ0) is 22.5. The van der Waals surface area contributed by atoms with E-state index < -0.39 is 36.9 Å². The summed E-state index contributed by atoms with van der Waals surface area (Å²) in [5.41, 5.74) is 1.42. The third-order valence-electron chi connectivity index (χ3n) is 4.73. The predicted octanol–water partition coefficient (Wildman–Crippen LogP) is 4.46. The molecule has 1 heterocycles. The van der Waals surface area contributed by atoms with Crippen LogP contribution in [0.1, 0.15) is 50.7 Å². The second-order valence-electron chi connectivity index (χ2n) is 7.37. The van der Waals surface area contributed by atoms with Crippen LogP contribution in [0.25, 0.3) is 11.1 Å². The van der Waals surface area contributed by atoms with Gasteiger partial charge in [0, 0.05) is 32.0 Å². The Bertz CT molecular complexity index is 866. The molecule has 0 saturated carbocycles. The van der Waals surface area contributed by atoms with E-state index in [2.05, 4.69) is 11.7 Å². The average molecular weight is 423 g/mol. The zero-order valence-electron chi connectivity index (χ0n) is 17.2. The fraction of sp³-hybridized carbons (Fsp3) is 0.409. The van der Waals surface area contributed by atoms with Crippen LogP contribution in [0.3, 0.4) is 0 Å². The lowest BCUT2D eigenvalue weighted by Crippen LogP contribution is -2.45. The molecule has 1 aromatic carbocycles. The van der Waals surface area contributed by atoms with E-state index >= 15 is 0 Å². The van der Waals surface area contributed by atoms with Gasteiger partial charge in [-0.15, -0.1) is 4.58 Å². The molecule has 0 fully saturated rings. The first kappa shape index (κ1) is 23.7. The van der Waals surface area contributed by atoms with E-state index in [1.54, 1.807) is 31.3 Å². The SMILES string of the molecule is C=[N+](C(=O)C(F)F)C(C)(C)OC(CCF)c1ccc(-c2ccc(C(C)O)nc2)cc1. The predicted molar refractivity (Wildman–Crippen MR) is 107 cm³/mol. The van der Waals surface area contributed by atoms with Crippen molar-refractivity contribution in [2.75, 3.05) is 6.67 Å². The normalized spacial score (nSPS) is 13.9. The maximum atomic E-state index is 13.1. The van der Waals surface area contributed by atoms with E-state index in [9.17, 15) is 23.1 Å². The molecule has 0 radical (unpaired) electrons. The van der Waals surface area contributed by atoms with E-state index in [1.165, 1.54) is 13.8 Å². The fourth-order valence-electron chi connectivity index (χ4n) is 2.90. The van der Waals surface area contributed by atoms with Gasteiger partial charge in [-0.2, -0.15) is 8.78 Å². The van der Waals surface area contributed by atoms with Crippen molar-refractivity contribution in [3.8, 4) is 11.1 Å². The van der Waals surface area contributed by atoms with Gasteiger partial charge in [0.15, 0.2) is 0 Å². The molecule has 0 spiro atoms. The molecule has 0 aliphatic carbocycles. The number of aliphatic hydroxyl groups is 1. The number of nitrogens with zero attached hydrogens (tertiary/aromatic N) is 2. The summed E-state index contributed by atoms with van der Waals surface area (Å²) in [4.78, 5) is 15.8. The molecule has 2 aromatic rings. The Balaban J connectivity index is 2.21. The van der Waals surface area contributed by atoms with Crippen molar-refractivity contribution in [3.63, 3.8) is 0 Å². The van der Waals surface area contributed by atoms with Gasteiger partial charge in [-0.25, -0.2) is 4.79 Å². The number of carbonyl (C=O) groups excluding carboxylic acids is 1. The van der Waals surface area contributed by atoms with Gasteiger partial charge in [0.1, 0.15) is 6.72 Å². The summed E-state index contributed by atoms with van der Waals surface area (Å²) in [6, 6.07) is 10.7. The Labute approximate surface area is 173 Å². The molecule has 30 heavy (non-hydrogen) atoms. The maximum absolute atomic E-state index is 13.1. The van der Waals surface area contributed by atoms with Crippen molar-refractivity contribution in [1.29, 1.82) is 0 Å². The lowest BCUT2D eigenvalue weighted by atomic mass is 10.0. The first-order chi connectivity index (χ1) is 14.1. The molecule has 1 N–H and O–H groups in total. The molecule has 0 aliphatic rings. The smallest absolute Gasteiger partial charge is 0.387 e. The molecule has 1 amide bonds. The Kier molecular flexibility index (Phi) is 7.86. The number of alkyl halides is 3. The van der Waals surface area contributed by atoms with E-state index in [1.807, 2.05) is 18.2 Å². The molecule has 5 nitrogen and oxygen atoms in total. The quantitative estimate of drug-likeness (QED) is 0.368. The highest BCUT2D eigenvalue weighted by atomic mass is 19.3. The topological polar surface area (TPSA) is 62.4 Å². The van der Waals surface area contributed by atoms with Crippen molar-refractivity contribution in [2.24, 2.45) is 0 Å². The van der Waals surface area contributed by atoms with Gasteiger partial charge in [-0.3, -0.25) is 9.37 Å². The Hall–Kier alpha value is -2.58. The summed E-state index contributed by atoms with van der Waals surface area (Å²) in [6.45, 7) is 7.17. The highest BCUT2D eigenvalue weighted by Crippen LogP contribution is 2.30. The second-order valence-corrected chi connectivity index (χ2v) is 7.37. The highest BCUT2D eigenvalue weighted by molar-refractivity contribution is 5.72. The Morgan fingerprint density at radius 1 is 1.20 bits per heavy atom. The number of rotatable bonds is 9. The molecule has 1 aromatic heterocycles. The van der Waals surface area contributed by atoms with Crippen LogP contribution >= 0.6 is 0 Å². The van der Waals surface area contributed by atoms with E-state index in [-0.39, 0.29) is 6.42 Å². The number of hydrogen-bond acceptors (Lipinski definition) is 4. The van der Waals surface area contributed by atoms with Crippen molar-refractivity contribution in [3.05, 3.63) is 53.9 Å². The van der Waals surface area contributed by atoms with Crippen LogP contribution in [-0.2, 0) is 9.53 Å². The number of aliphatic hydroxyl groups excluding tert-OH is 1. The third-order valence-corrected chi connectivity index (χ3v) is 4.73. The minimum atomic E-state index is -3.21. The Morgan fingerprint density at radius 3 is 2.27 bits per heavy atom. The summed E-state index contributed by atoms with van der Waals surface area (Å²) >= 11 is 0. The van der Waals surface area contributed by atoms with Crippen molar-refractivity contribution >= 4 is 12.6 Å². The first-order valence-electron chi connectivity index (χ1n) is 9.47. The van der Waals surface area contributed by atoms with Gasteiger partial charge in [0.2, 0.25) is 0 Å². The minimum absolute atomic E-state index is 0.00979. The number of aromatic nitrogens is 1. The first-order valence-corrected chi connectivity index (χ1v) is 9.47. The van der Waals surface area contributed by atoms with E-state index in [0.717, 1.165) is 11.1 Å². The zero-order valence-corrected chi connectivity index (χ0v) is 17.2. The molecule has 2 rings (SSSR count). The minimum Gasteiger partial charge on any atom is -0.387 e. The van der Waals surface area contributed by atoms with Crippen LogP contribution in [0.2, 0.25) is 0 Å². The number of carbonyl (C=O) groups is 1. The van der Waals surface area contributed by atoms with Crippen molar-refractivity contribution in [1.82, 2.24) is 4.98 Å². The number of pyridine rings is 1. The highest BCUT2D eigenvalue weighted by Gasteiger charge is 2.42. The van der Waals surface area contributed by atoms with Gasteiger partial charge < -0.3 is 9.84 Å². The van der Waals surface area contributed by atoms with Gasteiger partial charge in [-0.05, 0) is 24.1 Å². The lowest BCUT2D eigenvalue weighted by Gasteiger charge is -2.27.